The molecular weight excluding hydrogens is 632 g/mol. The molecule has 14 nitrogen and oxygen atoms in total. The lowest BCUT2D eigenvalue weighted by Crippen LogP contribution is -2.50. The topological polar surface area (TPSA) is 246 Å². The molecule has 0 saturated carbocycles. The van der Waals surface area contributed by atoms with Gasteiger partial charge in [-0.2, -0.15) is 0 Å². The predicted octanol–water partition coefficient (Wildman–Crippen LogP) is 4.22. The first kappa shape index (κ1) is 30.2. The normalized spacial score (nSPS) is 17.0. The van der Waals surface area contributed by atoms with Crippen LogP contribution in [-0.2, 0) is 6.42 Å². The summed E-state index contributed by atoms with van der Waals surface area (Å²) < 4.78 is 11.7. The van der Waals surface area contributed by atoms with Crippen LogP contribution in [0.2, 0.25) is 0 Å². The van der Waals surface area contributed by atoms with Crippen molar-refractivity contribution in [3.8, 4) is 28.7 Å². The van der Waals surface area contributed by atoms with Crippen LogP contribution >= 0.6 is 0 Å². The van der Waals surface area contributed by atoms with Gasteiger partial charge in [-0.05, 0) is 49.3 Å². The number of benzene rings is 4. The van der Waals surface area contributed by atoms with Gasteiger partial charge in [-0.1, -0.05) is 6.07 Å². The summed E-state index contributed by atoms with van der Waals surface area (Å²) in [4.78, 5) is 79.9. The number of carboxylic acids is 2. The molecule has 14 heteroatoms. The van der Waals surface area contributed by atoms with Crippen LogP contribution in [0.4, 0.5) is 0 Å². The number of phenolic OH excluding ortho intramolecular Hbond substituents is 2. The number of ether oxygens (including phenoxy) is 1. The molecule has 48 heavy (non-hydrogen) atoms. The van der Waals surface area contributed by atoms with E-state index in [0.717, 1.165) is 12.1 Å². The lowest BCUT2D eigenvalue weighted by atomic mass is 9.63. The van der Waals surface area contributed by atoms with Crippen molar-refractivity contribution < 1.29 is 63.8 Å². The van der Waals surface area contributed by atoms with Gasteiger partial charge in [-0.15, -0.1) is 0 Å². The van der Waals surface area contributed by atoms with E-state index in [1.54, 1.807) is 6.92 Å². The zero-order chi connectivity index (χ0) is 34.7. The summed E-state index contributed by atoms with van der Waals surface area (Å²) in [5.41, 5.74) is -5.30. The van der Waals surface area contributed by atoms with Crippen LogP contribution in [0.5, 0.6) is 28.7 Å². The summed E-state index contributed by atoms with van der Waals surface area (Å²) in [6.07, 6.45) is -0.213. The van der Waals surface area contributed by atoms with Crippen molar-refractivity contribution in [1.82, 2.24) is 0 Å². The number of fused-ring (bicyclic) bond motifs is 7. The third kappa shape index (κ3) is 3.67. The monoisotopic (exact) mass is 654 g/mol. The second-order valence-corrected chi connectivity index (χ2v) is 11.8. The Kier molecular flexibility index (Phi) is 6.16. The van der Waals surface area contributed by atoms with Gasteiger partial charge in [-0.25, -0.2) is 9.59 Å². The lowest BCUT2D eigenvalue weighted by Gasteiger charge is -2.40. The van der Waals surface area contributed by atoms with Crippen molar-refractivity contribution in [2.24, 2.45) is 5.41 Å². The molecule has 1 aliphatic carbocycles. The van der Waals surface area contributed by atoms with E-state index in [2.05, 4.69) is 0 Å². The van der Waals surface area contributed by atoms with Crippen molar-refractivity contribution >= 4 is 62.0 Å². The number of aryl methyl sites for hydroxylation is 1. The number of carboxylic acid groups (broad SMARTS) is 2. The largest absolute Gasteiger partial charge is 0.504 e. The van der Waals surface area contributed by atoms with E-state index >= 15 is 0 Å². The molecule has 0 fully saturated rings. The minimum absolute atomic E-state index is 0.0154. The Hall–Kier alpha value is -6.44. The zero-order valence-electron chi connectivity index (χ0n) is 24.9. The quantitative estimate of drug-likeness (QED) is 0.0524. The van der Waals surface area contributed by atoms with Gasteiger partial charge in [0.05, 0.1) is 16.3 Å². The Morgan fingerprint density at radius 1 is 0.792 bits per heavy atom. The van der Waals surface area contributed by atoms with E-state index in [1.807, 2.05) is 0 Å². The number of ketones is 3. The zero-order valence-corrected chi connectivity index (χ0v) is 24.9. The van der Waals surface area contributed by atoms with Crippen LogP contribution < -0.4 is 10.2 Å². The number of aromatic hydroxyl groups is 4. The van der Waals surface area contributed by atoms with E-state index in [-0.39, 0.29) is 51.5 Å². The fraction of sp³-hybridized carbons (Fsp3) is 0.176. The highest BCUT2D eigenvalue weighted by Gasteiger charge is 2.55. The fourth-order valence-corrected chi connectivity index (χ4v) is 7.20. The molecule has 0 amide bonds. The van der Waals surface area contributed by atoms with Gasteiger partial charge in [0.2, 0.25) is 5.43 Å². The number of rotatable bonds is 3. The summed E-state index contributed by atoms with van der Waals surface area (Å²) in [5.74, 6) is -9.92. The van der Waals surface area contributed by atoms with Gasteiger partial charge in [0, 0.05) is 28.6 Å². The standard InChI is InChI=1S/C34H22O14/c1-10-19(11(2)35)13-5-6-34(9-47-17-7-15(36)28(40)25(33(45)46)23(17)31(34)42)30(41)21(13)12-3-4-14-26(38)22-18(48-29(14)20(10)12)8-16(37)27(39)24(22)32(43)44/h3-4,7-8,36-37,39-40H,5-6,9H2,1-2H3,(H,43,44)(H,45,46)/t34-/m1/s1. The highest BCUT2D eigenvalue weighted by atomic mass is 16.5. The van der Waals surface area contributed by atoms with Crippen LogP contribution in [0, 0.1) is 12.3 Å². The molecule has 1 aliphatic heterocycles. The first-order valence-electron chi connectivity index (χ1n) is 14.3. The molecule has 0 unspecified atom stereocenters. The third-order valence-corrected chi connectivity index (χ3v) is 9.33. The van der Waals surface area contributed by atoms with Crippen molar-refractivity contribution in [2.75, 3.05) is 6.61 Å². The van der Waals surface area contributed by atoms with Crippen LogP contribution in [0.15, 0.2) is 33.5 Å². The molecule has 0 saturated heterocycles. The summed E-state index contributed by atoms with van der Waals surface area (Å²) in [6.45, 7) is 2.27. The highest BCUT2D eigenvalue weighted by Crippen LogP contribution is 2.51. The Balaban J connectivity index is 1.57. The van der Waals surface area contributed by atoms with E-state index in [9.17, 15) is 59.4 Å². The van der Waals surface area contributed by atoms with E-state index in [4.69, 9.17) is 9.15 Å². The highest BCUT2D eigenvalue weighted by molar-refractivity contribution is 6.30. The first-order chi connectivity index (χ1) is 22.6. The summed E-state index contributed by atoms with van der Waals surface area (Å²) in [7, 11) is 0. The van der Waals surface area contributed by atoms with Crippen LogP contribution in [0.1, 0.15) is 76.3 Å². The number of phenols is 4. The lowest BCUT2D eigenvalue weighted by molar-refractivity contribution is 0.0467. The molecule has 7 rings (SSSR count). The number of carbonyl (C=O) groups excluding carboxylic acids is 3. The van der Waals surface area contributed by atoms with Crippen molar-refractivity contribution in [3.63, 3.8) is 0 Å². The van der Waals surface area contributed by atoms with Crippen LogP contribution in [0.3, 0.4) is 0 Å². The molecule has 0 radical (unpaired) electrons. The predicted molar refractivity (Wildman–Crippen MR) is 164 cm³/mol. The molecule has 1 atom stereocenters. The molecule has 1 spiro atoms. The minimum atomic E-state index is -2.01. The number of carbonyl (C=O) groups is 5. The maximum atomic E-state index is 14.7. The van der Waals surface area contributed by atoms with Crippen molar-refractivity contribution in [1.29, 1.82) is 0 Å². The Bertz CT molecular complexity index is 2500. The Labute approximate surface area is 266 Å². The van der Waals surface area contributed by atoms with Gasteiger partial charge < -0.3 is 39.8 Å². The molecule has 2 aliphatic rings. The van der Waals surface area contributed by atoms with E-state index < -0.39 is 97.4 Å². The SMILES string of the molecule is CC(=O)c1c2c(c3ccc4c(=O)c5c(C(=O)O)c(O)c(O)cc5oc4c3c1C)C(=O)[C@@]1(CC2)COc2cc(O)c(O)c(C(=O)O)c2C1=O. The van der Waals surface area contributed by atoms with Gasteiger partial charge in [0.15, 0.2) is 40.3 Å². The average molecular weight is 655 g/mol. The third-order valence-electron chi connectivity index (χ3n) is 9.33. The molecular formula is C34H22O14. The molecule has 4 aromatic carbocycles. The summed E-state index contributed by atoms with van der Waals surface area (Å²) >= 11 is 0. The second kappa shape index (κ2) is 9.78. The van der Waals surface area contributed by atoms with E-state index in [0.29, 0.717) is 11.1 Å². The Morgan fingerprint density at radius 3 is 2.04 bits per heavy atom. The van der Waals surface area contributed by atoms with Gasteiger partial charge in [-0.3, -0.25) is 19.2 Å². The van der Waals surface area contributed by atoms with Crippen molar-refractivity contribution in [2.45, 2.75) is 26.7 Å². The van der Waals surface area contributed by atoms with Gasteiger partial charge in [0.1, 0.15) is 40.1 Å². The minimum Gasteiger partial charge on any atom is -0.504 e. The van der Waals surface area contributed by atoms with E-state index in [1.165, 1.54) is 19.1 Å². The summed E-state index contributed by atoms with van der Waals surface area (Å²) in [5, 5.41) is 59.9. The van der Waals surface area contributed by atoms with Gasteiger partial charge >= 0.3 is 11.9 Å². The molecule has 242 valence electrons. The molecule has 2 heterocycles. The number of Topliss-reactive ketones (excluding diaryl/α,β-unsaturated/α-hetero) is 3. The average Bonchev–Trinajstić information content (AvgIpc) is 3.01. The molecule has 5 aromatic rings. The molecule has 6 N–H and O–H groups in total. The first-order valence-corrected chi connectivity index (χ1v) is 14.3. The number of aromatic carboxylic acids is 2. The summed E-state index contributed by atoms with van der Waals surface area (Å²) in [6, 6.07) is 4.38. The maximum Gasteiger partial charge on any atom is 0.340 e. The maximum absolute atomic E-state index is 14.7. The molecule has 1 aromatic heterocycles. The second-order valence-electron chi connectivity index (χ2n) is 11.8. The van der Waals surface area contributed by atoms with Gasteiger partial charge in [0.25, 0.3) is 0 Å². The van der Waals surface area contributed by atoms with Crippen LogP contribution in [0.25, 0.3) is 32.7 Å². The van der Waals surface area contributed by atoms with Crippen LogP contribution in [-0.4, -0.2) is 66.5 Å². The number of hydrogen-bond donors (Lipinski definition) is 6. The van der Waals surface area contributed by atoms with Crippen molar-refractivity contribution in [3.05, 3.63) is 73.4 Å². The smallest absolute Gasteiger partial charge is 0.340 e. The fourth-order valence-electron chi connectivity index (χ4n) is 7.20. The molecule has 0 bridgehead atoms. The number of hydrogen-bond acceptors (Lipinski definition) is 12. The Morgan fingerprint density at radius 2 is 1.40 bits per heavy atom.